The molecule has 0 radical (unpaired) electrons. The Morgan fingerprint density at radius 3 is 2.50 bits per heavy atom. The van der Waals surface area contributed by atoms with E-state index in [1.165, 1.54) is 0 Å². The molecule has 1 heterocycles. The lowest BCUT2D eigenvalue weighted by atomic mass is 10.00. The van der Waals surface area contributed by atoms with Crippen molar-refractivity contribution in [2.45, 2.75) is 13.5 Å². The van der Waals surface area contributed by atoms with E-state index in [9.17, 15) is 4.79 Å². The Kier molecular flexibility index (Phi) is 4.20. The second-order valence-corrected chi connectivity index (χ2v) is 6.23. The standard InChI is InChI=1S/C18H16INO2/c1-3-20-15-10-9-13(19)11-14(15)16(17(22-2)18(20)21)12-7-5-4-6-8-12/h4-11H,3H2,1-2H3. The molecule has 3 aromatic rings. The van der Waals surface area contributed by atoms with Gasteiger partial charge in [0.05, 0.1) is 12.6 Å². The van der Waals surface area contributed by atoms with Crippen molar-refractivity contribution in [2.75, 3.05) is 7.11 Å². The Hall–Kier alpha value is -1.82. The first-order valence-corrected chi connectivity index (χ1v) is 8.20. The van der Waals surface area contributed by atoms with Crippen molar-refractivity contribution in [1.82, 2.24) is 4.57 Å². The minimum Gasteiger partial charge on any atom is -0.491 e. The van der Waals surface area contributed by atoms with Gasteiger partial charge in [-0.05, 0) is 53.3 Å². The third-order valence-electron chi connectivity index (χ3n) is 3.77. The third kappa shape index (κ3) is 2.41. The van der Waals surface area contributed by atoms with Gasteiger partial charge in [-0.3, -0.25) is 4.79 Å². The number of rotatable bonds is 3. The van der Waals surface area contributed by atoms with E-state index in [-0.39, 0.29) is 5.56 Å². The normalized spacial score (nSPS) is 10.9. The minimum absolute atomic E-state index is 0.0856. The van der Waals surface area contributed by atoms with Gasteiger partial charge < -0.3 is 9.30 Å². The fraction of sp³-hybridized carbons (Fsp3) is 0.167. The zero-order valence-electron chi connectivity index (χ0n) is 12.5. The number of benzene rings is 2. The molecule has 0 unspecified atom stereocenters. The number of aromatic nitrogens is 1. The molecule has 0 N–H and O–H groups in total. The molecule has 0 aliphatic carbocycles. The highest BCUT2D eigenvalue weighted by Crippen LogP contribution is 2.35. The number of nitrogens with zero attached hydrogens (tertiary/aromatic N) is 1. The summed E-state index contributed by atoms with van der Waals surface area (Å²) in [6.07, 6.45) is 0. The van der Waals surface area contributed by atoms with Gasteiger partial charge in [-0.1, -0.05) is 30.3 Å². The lowest BCUT2D eigenvalue weighted by Gasteiger charge is -2.16. The topological polar surface area (TPSA) is 31.2 Å². The summed E-state index contributed by atoms with van der Waals surface area (Å²) in [5.74, 6) is 0.405. The van der Waals surface area contributed by atoms with Gasteiger partial charge >= 0.3 is 0 Å². The number of hydrogen-bond donors (Lipinski definition) is 0. The Balaban J connectivity index is 2.54. The Bertz CT molecular complexity index is 885. The van der Waals surface area contributed by atoms with Crippen molar-refractivity contribution >= 4 is 33.5 Å². The Labute approximate surface area is 142 Å². The van der Waals surface area contributed by atoms with Crippen LogP contribution < -0.4 is 10.3 Å². The first-order valence-electron chi connectivity index (χ1n) is 7.12. The van der Waals surface area contributed by atoms with Crippen molar-refractivity contribution < 1.29 is 4.74 Å². The monoisotopic (exact) mass is 405 g/mol. The fourth-order valence-electron chi connectivity index (χ4n) is 2.80. The van der Waals surface area contributed by atoms with Crippen LogP contribution in [0.2, 0.25) is 0 Å². The van der Waals surface area contributed by atoms with Crippen LogP contribution in [0.5, 0.6) is 5.75 Å². The molecule has 0 saturated heterocycles. The van der Waals surface area contributed by atoms with E-state index in [1.807, 2.05) is 49.4 Å². The van der Waals surface area contributed by atoms with Gasteiger partial charge in [0.2, 0.25) is 0 Å². The van der Waals surface area contributed by atoms with Gasteiger partial charge in [-0.25, -0.2) is 0 Å². The van der Waals surface area contributed by atoms with E-state index >= 15 is 0 Å². The second kappa shape index (κ2) is 6.12. The Morgan fingerprint density at radius 2 is 1.86 bits per heavy atom. The highest BCUT2D eigenvalue weighted by atomic mass is 127. The molecule has 1 aromatic heterocycles. The van der Waals surface area contributed by atoms with Crippen LogP contribution in [0.25, 0.3) is 22.0 Å². The molecule has 0 spiro atoms. The SMILES string of the molecule is CCn1c(=O)c(OC)c(-c2ccccc2)c2cc(I)ccc21. The maximum atomic E-state index is 12.8. The molecule has 0 amide bonds. The molecule has 0 aliphatic heterocycles. The van der Waals surface area contributed by atoms with Crippen molar-refractivity contribution in [3.63, 3.8) is 0 Å². The molecular formula is C18H16INO2. The maximum absolute atomic E-state index is 12.8. The Morgan fingerprint density at radius 1 is 1.14 bits per heavy atom. The van der Waals surface area contributed by atoms with Crippen LogP contribution in [-0.2, 0) is 6.54 Å². The lowest BCUT2D eigenvalue weighted by Crippen LogP contribution is -2.22. The summed E-state index contributed by atoms with van der Waals surface area (Å²) in [5.41, 5.74) is 2.71. The van der Waals surface area contributed by atoms with E-state index < -0.39 is 0 Å². The lowest BCUT2D eigenvalue weighted by molar-refractivity contribution is 0.406. The largest absolute Gasteiger partial charge is 0.491 e. The molecule has 0 bridgehead atoms. The van der Waals surface area contributed by atoms with Gasteiger partial charge in [0.15, 0.2) is 5.75 Å². The van der Waals surface area contributed by atoms with Gasteiger partial charge in [0, 0.05) is 21.1 Å². The predicted molar refractivity (Wildman–Crippen MR) is 98.6 cm³/mol. The van der Waals surface area contributed by atoms with Crippen LogP contribution in [0.4, 0.5) is 0 Å². The summed E-state index contributed by atoms with van der Waals surface area (Å²) in [5, 5.41) is 1.04. The highest BCUT2D eigenvalue weighted by Gasteiger charge is 2.18. The summed E-state index contributed by atoms with van der Waals surface area (Å²) >= 11 is 2.29. The van der Waals surface area contributed by atoms with Gasteiger partial charge in [-0.15, -0.1) is 0 Å². The van der Waals surface area contributed by atoms with E-state index in [0.29, 0.717) is 12.3 Å². The molecule has 2 aromatic carbocycles. The average molecular weight is 405 g/mol. The van der Waals surface area contributed by atoms with Crippen molar-refractivity contribution in [3.05, 3.63) is 62.5 Å². The number of methoxy groups -OCH3 is 1. The molecule has 0 atom stereocenters. The molecule has 0 saturated carbocycles. The van der Waals surface area contributed by atoms with Crippen molar-refractivity contribution in [3.8, 4) is 16.9 Å². The number of halogens is 1. The van der Waals surface area contributed by atoms with Crippen LogP contribution in [-0.4, -0.2) is 11.7 Å². The molecule has 3 nitrogen and oxygen atoms in total. The van der Waals surface area contributed by atoms with Crippen LogP contribution >= 0.6 is 22.6 Å². The third-order valence-corrected chi connectivity index (χ3v) is 4.44. The van der Waals surface area contributed by atoms with Crippen molar-refractivity contribution in [1.29, 1.82) is 0 Å². The van der Waals surface area contributed by atoms with Crippen LogP contribution in [0.3, 0.4) is 0 Å². The molecule has 112 valence electrons. The summed E-state index contributed by atoms with van der Waals surface area (Å²) in [4.78, 5) is 12.8. The zero-order valence-corrected chi connectivity index (χ0v) is 14.6. The van der Waals surface area contributed by atoms with Crippen molar-refractivity contribution in [2.24, 2.45) is 0 Å². The molecule has 22 heavy (non-hydrogen) atoms. The summed E-state index contributed by atoms with van der Waals surface area (Å²) in [7, 11) is 1.56. The van der Waals surface area contributed by atoms with E-state index in [4.69, 9.17) is 4.74 Å². The summed E-state index contributed by atoms with van der Waals surface area (Å²) in [6.45, 7) is 2.59. The van der Waals surface area contributed by atoms with Crippen LogP contribution in [0.1, 0.15) is 6.92 Å². The maximum Gasteiger partial charge on any atom is 0.294 e. The molecule has 4 heteroatoms. The average Bonchev–Trinajstić information content (AvgIpc) is 2.55. The number of fused-ring (bicyclic) bond motifs is 1. The second-order valence-electron chi connectivity index (χ2n) is 4.99. The summed E-state index contributed by atoms with van der Waals surface area (Å²) < 4.78 is 8.38. The van der Waals surface area contributed by atoms with E-state index in [1.54, 1.807) is 11.7 Å². The first-order chi connectivity index (χ1) is 10.7. The predicted octanol–water partition coefficient (Wildman–Crippen LogP) is 4.30. The van der Waals surface area contributed by atoms with Gasteiger partial charge in [0.25, 0.3) is 5.56 Å². The first kappa shape index (κ1) is 15.1. The number of pyridine rings is 1. The molecular weight excluding hydrogens is 389 g/mol. The zero-order chi connectivity index (χ0) is 15.7. The molecule has 3 rings (SSSR count). The summed E-state index contributed by atoms with van der Waals surface area (Å²) in [6, 6.07) is 16.1. The van der Waals surface area contributed by atoms with Crippen LogP contribution in [0.15, 0.2) is 53.3 Å². The van der Waals surface area contributed by atoms with Gasteiger partial charge in [-0.2, -0.15) is 0 Å². The van der Waals surface area contributed by atoms with E-state index in [2.05, 4.69) is 28.7 Å². The fourth-order valence-corrected chi connectivity index (χ4v) is 3.29. The number of aryl methyl sites for hydroxylation is 1. The molecule has 0 fully saturated rings. The smallest absolute Gasteiger partial charge is 0.294 e. The highest BCUT2D eigenvalue weighted by molar-refractivity contribution is 14.1. The van der Waals surface area contributed by atoms with E-state index in [0.717, 1.165) is 25.6 Å². The quantitative estimate of drug-likeness (QED) is 0.609. The number of ether oxygens (including phenoxy) is 1. The molecule has 0 aliphatic rings. The van der Waals surface area contributed by atoms with Crippen LogP contribution in [0, 0.1) is 3.57 Å². The minimum atomic E-state index is -0.0856. The number of hydrogen-bond acceptors (Lipinski definition) is 2. The van der Waals surface area contributed by atoms with Gasteiger partial charge in [0.1, 0.15) is 0 Å².